The Hall–Kier alpha value is -2.83. The third kappa shape index (κ3) is 3.71. The summed E-state index contributed by atoms with van der Waals surface area (Å²) in [7, 11) is 0. The van der Waals surface area contributed by atoms with E-state index in [2.05, 4.69) is 10.3 Å². The fraction of sp³-hybridized carbons (Fsp3) is 0.0526. The van der Waals surface area contributed by atoms with Crippen LogP contribution in [0, 0.1) is 0 Å². The van der Waals surface area contributed by atoms with Gasteiger partial charge >= 0.3 is 0 Å². The van der Waals surface area contributed by atoms with Gasteiger partial charge in [0.1, 0.15) is 0 Å². The number of nitrogens with zero attached hydrogens (tertiary/aromatic N) is 1. The molecule has 2 heterocycles. The highest BCUT2D eigenvalue weighted by Gasteiger charge is 2.12. The van der Waals surface area contributed by atoms with Gasteiger partial charge in [-0.2, -0.15) is 0 Å². The number of nitrogens with one attached hydrogen (secondary N) is 1. The zero-order chi connectivity index (χ0) is 17.9. The van der Waals surface area contributed by atoms with Crippen LogP contribution in [0.15, 0.2) is 53.9 Å². The minimum absolute atomic E-state index is 0.225. The second-order valence-electron chi connectivity index (χ2n) is 5.48. The van der Waals surface area contributed by atoms with Gasteiger partial charge in [0.15, 0.2) is 16.6 Å². The number of halogens is 1. The van der Waals surface area contributed by atoms with E-state index in [4.69, 9.17) is 21.1 Å². The quantitative estimate of drug-likeness (QED) is 0.653. The Labute approximate surface area is 158 Å². The molecule has 0 radical (unpaired) electrons. The summed E-state index contributed by atoms with van der Waals surface area (Å²) < 4.78 is 10.6. The normalized spacial score (nSPS) is 12.5. The number of hydrogen-bond acceptors (Lipinski definition) is 5. The van der Waals surface area contributed by atoms with Crippen LogP contribution in [0.4, 0.5) is 5.13 Å². The monoisotopic (exact) mass is 384 g/mol. The van der Waals surface area contributed by atoms with E-state index in [-0.39, 0.29) is 12.7 Å². The van der Waals surface area contributed by atoms with Crippen LogP contribution in [0.2, 0.25) is 5.02 Å². The molecule has 7 heteroatoms. The number of thiazole rings is 1. The van der Waals surface area contributed by atoms with Crippen molar-refractivity contribution >= 4 is 40.1 Å². The Kier molecular flexibility index (Phi) is 4.60. The van der Waals surface area contributed by atoms with E-state index in [1.54, 1.807) is 6.08 Å². The SMILES string of the molecule is O=C(/C=C/c1ccc2c(c1)OCO2)Nc1nc(-c2ccc(Cl)cc2)cs1. The number of amides is 1. The molecule has 0 unspecified atom stereocenters. The van der Waals surface area contributed by atoms with E-state index in [1.807, 2.05) is 47.8 Å². The van der Waals surface area contributed by atoms with Crippen molar-refractivity contribution in [2.24, 2.45) is 0 Å². The minimum Gasteiger partial charge on any atom is -0.454 e. The maximum atomic E-state index is 12.1. The summed E-state index contributed by atoms with van der Waals surface area (Å²) in [6, 6.07) is 12.9. The molecule has 0 aliphatic carbocycles. The molecule has 1 aliphatic rings. The summed E-state index contributed by atoms with van der Waals surface area (Å²) >= 11 is 7.26. The molecule has 0 spiro atoms. The third-order valence-corrected chi connectivity index (χ3v) is 4.71. The molecule has 130 valence electrons. The predicted octanol–water partition coefficient (Wildman–Crippen LogP) is 4.84. The van der Waals surface area contributed by atoms with Crippen LogP contribution in [0.3, 0.4) is 0 Å². The lowest BCUT2D eigenvalue weighted by molar-refractivity contribution is -0.111. The molecule has 0 fully saturated rings. The average Bonchev–Trinajstić information content (AvgIpc) is 3.29. The lowest BCUT2D eigenvalue weighted by atomic mass is 10.2. The first kappa shape index (κ1) is 16.6. The Balaban J connectivity index is 1.41. The van der Waals surface area contributed by atoms with E-state index < -0.39 is 0 Å². The molecule has 1 amide bonds. The number of anilines is 1. The van der Waals surface area contributed by atoms with Crippen molar-refractivity contribution in [1.29, 1.82) is 0 Å². The van der Waals surface area contributed by atoms with Gasteiger partial charge in [0.2, 0.25) is 12.7 Å². The second-order valence-corrected chi connectivity index (χ2v) is 6.77. The van der Waals surface area contributed by atoms with E-state index in [1.165, 1.54) is 17.4 Å². The Bertz CT molecular complexity index is 983. The van der Waals surface area contributed by atoms with Crippen molar-refractivity contribution in [3.63, 3.8) is 0 Å². The topological polar surface area (TPSA) is 60.5 Å². The summed E-state index contributed by atoms with van der Waals surface area (Å²) in [5, 5.41) is 5.86. The van der Waals surface area contributed by atoms with E-state index >= 15 is 0 Å². The Morgan fingerprint density at radius 1 is 1.15 bits per heavy atom. The van der Waals surface area contributed by atoms with Crippen molar-refractivity contribution in [3.8, 4) is 22.8 Å². The van der Waals surface area contributed by atoms with Crippen molar-refractivity contribution in [1.82, 2.24) is 4.98 Å². The lowest BCUT2D eigenvalue weighted by Gasteiger charge is -1.99. The molecule has 0 bridgehead atoms. The lowest BCUT2D eigenvalue weighted by Crippen LogP contribution is -2.07. The highest BCUT2D eigenvalue weighted by molar-refractivity contribution is 7.14. The van der Waals surface area contributed by atoms with Crippen molar-refractivity contribution < 1.29 is 14.3 Å². The minimum atomic E-state index is -0.250. The van der Waals surface area contributed by atoms with Gasteiger partial charge in [0.25, 0.3) is 0 Å². The zero-order valence-corrected chi connectivity index (χ0v) is 15.0. The smallest absolute Gasteiger partial charge is 0.250 e. The van der Waals surface area contributed by atoms with E-state index in [0.29, 0.717) is 21.7 Å². The van der Waals surface area contributed by atoms with Gasteiger partial charge in [-0.15, -0.1) is 11.3 Å². The fourth-order valence-corrected chi connectivity index (χ4v) is 3.27. The first-order valence-electron chi connectivity index (χ1n) is 7.77. The first-order chi connectivity index (χ1) is 12.7. The Morgan fingerprint density at radius 3 is 2.81 bits per heavy atom. The number of rotatable bonds is 4. The van der Waals surface area contributed by atoms with Crippen LogP contribution in [0.25, 0.3) is 17.3 Å². The van der Waals surface area contributed by atoms with Gasteiger partial charge in [0, 0.05) is 22.0 Å². The van der Waals surface area contributed by atoms with Crippen LogP contribution < -0.4 is 14.8 Å². The van der Waals surface area contributed by atoms with Crippen molar-refractivity contribution in [2.45, 2.75) is 0 Å². The largest absolute Gasteiger partial charge is 0.454 e. The number of fused-ring (bicyclic) bond motifs is 1. The molecule has 1 aliphatic heterocycles. The molecular formula is C19H13ClN2O3S. The van der Waals surface area contributed by atoms with Gasteiger partial charge in [-0.25, -0.2) is 4.98 Å². The van der Waals surface area contributed by atoms with Gasteiger partial charge in [-0.05, 0) is 35.9 Å². The summed E-state index contributed by atoms with van der Waals surface area (Å²) in [5.74, 6) is 1.14. The highest BCUT2D eigenvalue weighted by Crippen LogP contribution is 2.32. The molecule has 26 heavy (non-hydrogen) atoms. The predicted molar refractivity (Wildman–Crippen MR) is 103 cm³/mol. The number of carbonyl (C=O) groups excluding carboxylic acids is 1. The molecule has 0 atom stereocenters. The summed E-state index contributed by atoms with van der Waals surface area (Å²) in [5.41, 5.74) is 2.59. The van der Waals surface area contributed by atoms with Crippen LogP contribution in [0.5, 0.6) is 11.5 Å². The number of hydrogen-bond donors (Lipinski definition) is 1. The third-order valence-electron chi connectivity index (χ3n) is 3.70. The van der Waals surface area contributed by atoms with E-state index in [9.17, 15) is 4.79 Å². The Morgan fingerprint density at radius 2 is 1.96 bits per heavy atom. The van der Waals surface area contributed by atoms with Gasteiger partial charge in [0.05, 0.1) is 5.69 Å². The molecule has 3 aromatic rings. The number of aromatic nitrogens is 1. The molecule has 1 aromatic heterocycles. The average molecular weight is 385 g/mol. The second kappa shape index (κ2) is 7.19. The van der Waals surface area contributed by atoms with Gasteiger partial charge in [-0.3, -0.25) is 10.1 Å². The van der Waals surface area contributed by atoms with Crippen molar-refractivity contribution in [3.05, 3.63) is 64.5 Å². The maximum absolute atomic E-state index is 12.1. The zero-order valence-electron chi connectivity index (χ0n) is 13.4. The summed E-state index contributed by atoms with van der Waals surface area (Å²) in [6.07, 6.45) is 3.17. The van der Waals surface area contributed by atoms with Crippen LogP contribution in [-0.4, -0.2) is 17.7 Å². The van der Waals surface area contributed by atoms with Gasteiger partial charge < -0.3 is 9.47 Å². The number of ether oxygens (including phenoxy) is 2. The van der Waals surface area contributed by atoms with Crippen molar-refractivity contribution in [2.75, 3.05) is 12.1 Å². The molecule has 1 N–H and O–H groups in total. The molecule has 2 aromatic carbocycles. The summed E-state index contributed by atoms with van der Waals surface area (Å²) in [4.78, 5) is 16.5. The number of carbonyl (C=O) groups is 1. The number of benzene rings is 2. The molecule has 0 saturated carbocycles. The standard InChI is InChI=1S/C19H13ClN2O3S/c20-14-5-3-13(4-6-14)15-10-26-19(21-15)22-18(23)8-2-12-1-7-16-17(9-12)25-11-24-16/h1-10H,11H2,(H,21,22,23)/b8-2+. The highest BCUT2D eigenvalue weighted by atomic mass is 35.5. The molecule has 0 saturated heterocycles. The van der Waals surface area contributed by atoms with Crippen LogP contribution >= 0.6 is 22.9 Å². The molecule has 4 rings (SSSR count). The fourth-order valence-electron chi connectivity index (χ4n) is 2.42. The van der Waals surface area contributed by atoms with E-state index in [0.717, 1.165) is 16.8 Å². The van der Waals surface area contributed by atoms with Gasteiger partial charge in [-0.1, -0.05) is 29.8 Å². The first-order valence-corrected chi connectivity index (χ1v) is 9.03. The van der Waals surface area contributed by atoms with Crippen LogP contribution in [-0.2, 0) is 4.79 Å². The molecular weight excluding hydrogens is 372 g/mol. The van der Waals surface area contributed by atoms with Crippen LogP contribution in [0.1, 0.15) is 5.56 Å². The maximum Gasteiger partial charge on any atom is 0.250 e. The summed E-state index contributed by atoms with van der Waals surface area (Å²) in [6.45, 7) is 0.225. The molecule has 5 nitrogen and oxygen atoms in total.